The summed E-state index contributed by atoms with van der Waals surface area (Å²) in [5.41, 5.74) is 1.05. The number of carbonyl (C=O) groups is 1. The zero-order valence-corrected chi connectivity index (χ0v) is 14.3. The average molecular weight is 298 g/mol. The van der Waals surface area contributed by atoms with Gasteiger partial charge in [0.2, 0.25) is 5.91 Å². The Balaban J connectivity index is 2.43. The number of nitrogens with zero attached hydrogens (tertiary/aromatic N) is 1. The van der Waals surface area contributed by atoms with Crippen LogP contribution < -0.4 is 0 Å². The molecule has 20 heavy (non-hydrogen) atoms. The van der Waals surface area contributed by atoms with Gasteiger partial charge in [-0.05, 0) is 42.8 Å². The SMILES string of the molecule is CCCCCCS/C=C1\CCCCN(CC(C)C)C1=O. The number of rotatable bonds is 8. The van der Waals surface area contributed by atoms with Gasteiger partial charge in [-0.25, -0.2) is 0 Å². The molecule has 2 nitrogen and oxygen atoms in total. The molecule has 0 bridgehead atoms. The maximum atomic E-state index is 12.5. The summed E-state index contributed by atoms with van der Waals surface area (Å²) in [6.45, 7) is 8.45. The molecule has 116 valence electrons. The van der Waals surface area contributed by atoms with Crippen molar-refractivity contribution in [3.8, 4) is 0 Å². The van der Waals surface area contributed by atoms with E-state index in [-0.39, 0.29) is 5.91 Å². The van der Waals surface area contributed by atoms with E-state index >= 15 is 0 Å². The van der Waals surface area contributed by atoms with Gasteiger partial charge < -0.3 is 4.90 Å². The molecule has 0 aliphatic carbocycles. The van der Waals surface area contributed by atoms with Crippen LogP contribution in [-0.2, 0) is 4.79 Å². The highest BCUT2D eigenvalue weighted by molar-refractivity contribution is 8.02. The standard InChI is InChI=1S/C17H31NOS/c1-4-5-6-9-12-20-14-16-10-7-8-11-18(17(16)19)13-15(2)3/h14-15H,4-13H2,1-3H3/b16-14+. The molecule has 0 saturated carbocycles. The van der Waals surface area contributed by atoms with Crippen molar-refractivity contribution in [3.05, 3.63) is 11.0 Å². The number of hydrogen-bond donors (Lipinski definition) is 0. The number of carbonyl (C=O) groups excluding carboxylic acids is 1. The molecule has 0 atom stereocenters. The van der Waals surface area contributed by atoms with Crippen molar-refractivity contribution in [1.82, 2.24) is 4.90 Å². The Morgan fingerprint density at radius 1 is 1.25 bits per heavy atom. The predicted molar refractivity (Wildman–Crippen MR) is 90.0 cm³/mol. The first kappa shape index (κ1) is 17.6. The highest BCUT2D eigenvalue weighted by Crippen LogP contribution is 2.21. The van der Waals surface area contributed by atoms with Gasteiger partial charge in [-0.2, -0.15) is 0 Å². The summed E-state index contributed by atoms with van der Waals surface area (Å²) in [5.74, 6) is 2.00. The molecular formula is C17H31NOS. The van der Waals surface area contributed by atoms with E-state index in [9.17, 15) is 4.79 Å². The van der Waals surface area contributed by atoms with Crippen LogP contribution >= 0.6 is 11.8 Å². The van der Waals surface area contributed by atoms with Crippen molar-refractivity contribution in [2.24, 2.45) is 5.92 Å². The van der Waals surface area contributed by atoms with E-state index in [2.05, 4.69) is 31.1 Å². The highest BCUT2D eigenvalue weighted by Gasteiger charge is 2.21. The molecule has 0 radical (unpaired) electrons. The van der Waals surface area contributed by atoms with Crippen molar-refractivity contribution >= 4 is 17.7 Å². The zero-order chi connectivity index (χ0) is 14.8. The number of thioether (sulfide) groups is 1. The van der Waals surface area contributed by atoms with E-state index in [1.807, 2.05) is 11.8 Å². The molecule has 0 unspecified atom stereocenters. The third kappa shape index (κ3) is 6.83. The molecule has 0 spiro atoms. The molecule has 1 aliphatic rings. The molecule has 1 heterocycles. The second-order valence-electron chi connectivity index (χ2n) is 6.18. The fourth-order valence-electron chi connectivity index (χ4n) is 2.53. The van der Waals surface area contributed by atoms with E-state index < -0.39 is 0 Å². The zero-order valence-electron chi connectivity index (χ0n) is 13.5. The van der Waals surface area contributed by atoms with Gasteiger partial charge in [0, 0.05) is 18.7 Å². The third-order valence-electron chi connectivity index (χ3n) is 3.61. The largest absolute Gasteiger partial charge is 0.339 e. The van der Waals surface area contributed by atoms with Gasteiger partial charge in [0.25, 0.3) is 0 Å². The van der Waals surface area contributed by atoms with Gasteiger partial charge in [0.05, 0.1) is 0 Å². The number of amides is 1. The smallest absolute Gasteiger partial charge is 0.250 e. The first-order chi connectivity index (χ1) is 9.65. The van der Waals surface area contributed by atoms with Crippen LogP contribution in [0.5, 0.6) is 0 Å². The second kappa shape index (κ2) is 10.3. The Morgan fingerprint density at radius 2 is 2.05 bits per heavy atom. The highest BCUT2D eigenvalue weighted by atomic mass is 32.2. The Bertz CT molecular complexity index is 312. The number of hydrogen-bond acceptors (Lipinski definition) is 2. The van der Waals surface area contributed by atoms with E-state index in [1.54, 1.807) is 0 Å². The minimum Gasteiger partial charge on any atom is -0.339 e. The summed E-state index contributed by atoms with van der Waals surface area (Å²) >= 11 is 1.83. The molecule has 1 amide bonds. The van der Waals surface area contributed by atoms with Crippen molar-refractivity contribution < 1.29 is 4.79 Å². The average Bonchev–Trinajstić information content (AvgIpc) is 2.57. The van der Waals surface area contributed by atoms with E-state index in [0.29, 0.717) is 5.92 Å². The monoisotopic (exact) mass is 297 g/mol. The van der Waals surface area contributed by atoms with Crippen LogP contribution in [0.1, 0.15) is 65.7 Å². The van der Waals surface area contributed by atoms with Gasteiger partial charge in [0.1, 0.15) is 0 Å². The van der Waals surface area contributed by atoms with E-state index in [4.69, 9.17) is 0 Å². The van der Waals surface area contributed by atoms with Crippen molar-refractivity contribution in [3.63, 3.8) is 0 Å². The van der Waals surface area contributed by atoms with Crippen LogP contribution in [0.4, 0.5) is 0 Å². The molecule has 0 N–H and O–H groups in total. The van der Waals surface area contributed by atoms with Gasteiger partial charge in [-0.3, -0.25) is 4.79 Å². The minimum atomic E-state index is 0.289. The summed E-state index contributed by atoms with van der Waals surface area (Å²) in [6, 6.07) is 0. The van der Waals surface area contributed by atoms with Crippen LogP contribution in [0, 0.1) is 5.92 Å². The molecule has 0 aromatic carbocycles. The van der Waals surface area contributed by atoms with E-state index in [0.717, 1.165) is 43.7 Å². The maximum absolute atomic E-state index is 12.5. The Kier molecular flexibility index (Phi) is 9.08. The van der Waals surface area contributed by atoms with Crippen LogP contribution in [0.15, 0.2) is 11.0 Å². The summed E-state index contributed by atoms with van der Waals surface area (Å²) < 4.78 is 0. The lowest BCUT2D eigenvalue weighted by atomic mass is 10.1. The van der Waals surface area contributed by atoms with Gasteiger partial charge >= 0.3 is 0 Å². The minimum absolute atomic E-state index is 0.289. The maximum Gasteiger partial charge on any atom is 0.250 e. The van der Waals surface area contributed by atoms with E-state index in [1.165, 1.54) is 25.7 Å². The molecule has 0 aromatic rings. The Hall–Kier alpha value is -0.440. The lowest BCUT2D eigenvalue weighted by molar-refractivity contribution is -0.127. The number of likely N-dealkylation sites (tertiary alicyclic amines) is 1. The molecule has 1 saturated heterocycles. The lowest BCUT2D eigenvalue weighted by Gasteiger charge is -2.23. The lowest BCUT2D eigenvalue weighted by Crippen LogP contribution is -2.34. The Morgan fingerprint density at radius 3 is 2.75 bits per heavy atom. The predicted octanol–water partition coefficient (Wildman–Crippen LogP) is 4.85. The Labute approximate surface area is 129 Å². The van der Waals surface area contributed by atoms with Crippen LogP contribution in [0.25, 0.3) is 0 Å². The summed E-state index contributed by atoms with van der Waals surface area (Å²) in [7, 11) is 0. The molecule has 3 heteroatoms. The fraction of sp³-hybridized carbons (Fsp3) is 0.824. The van der Waals surface area contributed by atoms with Gasteiger partial charge in [-0.1, -0.05) is 40.0 Å². The molecular weight excluding hydrogens is 266 g/mol. The fourth-order valence-corrected chi connectivity index (χ4v) is 3.43. The topological polar surface area (TPSA) is 20.3 Å². The summed E-state index contributed by atoms with van der Waals surface area (Å²) in [5, 5.41) is 2.15. The van der Waals surface area contributed by atoms with Gasteiger partial charge in [-0.15, -0.1) is 11.8 Å². The summed E-state index contributed by atoms with van der Waals surface area (Å²) in [6.07, 6.45) is 8.48. The van der Waals surface area contributed by atoms with Crippen LogP contribution in [0.2, 0.25) is 0 Å². The quantitative estimate of drug-likeness (QED) is 0.471. The first-order valence-electron chi connectivity index (χ1n) is 8.25. The number of unbranched alkanes of at least 4 members (excludes halogenated alkanes) is 3. The summed E-state index contributed by atoms with van der Waals surface area (Å²) in [4.78, 5) is 14.5. The van der Waals surface area contributed by atoms with Crippen molar-refractivity contribution in [2.75, 3.05) is 18.8 Å². The van der Waals surface area contributed by atoms with Gasteiger partial charge in [0.15, 0.2) is 0 Å². The molecule has 0 aromatic heterocycles. The van der Waals surface area contributed by atoms with Crippen LogP contribution in [0.3, 0.4) is 0 Å². The molecule has 1 aliphatic heterocycles. The molecule has 1 rings (SSSR count). The van der Waals surface area contributed by atoms with Crippen LogP contribution in [-0.4, -0.2) is 29.6 Å². The second-order valence-corrected chi connectivity index (χ2v) is 7.15. The molecule has 1 fully saturated rings. The first-order valence-corrected chi connectivity index (χ1v) is 9.30. The van der Waals surface area contributed by atoms with Crippen molar-refractivity contribution in [1.29, 1.82) is 0 Å². The normalized spacial score (nSPS) is 18.9. The van der Waals surface area contributed by atoms with Crippen molar-refractivity contribution in [2.45, 2.75) is 65.7 Å². The third-order valence-corrected chi connectivity index (χ3v) is 4.59.